The maximum atomic E-state index is 10.7. The number of likely N-dealkylation sites (N-methyl/N-ethyl adjacent to an activating group) is 1. The first-order chi connectivity index (χ1) is 8.49. The second kappa shape index (κ2) is 5.12. The van der Waals surface area contributed by atoms with Gasteiger partial charge in [-0.05, 0) is 26.6 Å². The standard InChI is InChI=1S/C12H16ClN3O2/c1-14(2)10-5-6-15(8-10)12-4-3-9(16(17)18)7-11(12)13/h3-4,7,10H,5-6,8H2,1-2H3. The minimum absolute atomic E-state index is 0.0344. The normalized spacial score (nSPS) is 19.6. The monoisotopic (exact) mass is 269 g/mol. The topological polar surface area (TPSA) is 49.6 Å². The van der Waals surface area contributed by atoms with Gasteiger partial charge in [0, 0.05) is 31.3 Å². The van der Waals surface area contributed by atoms with E-state index in [1.54, 1.807) is 6.07 Å². The Morgan fingerprint density at radius 2 is 2.22 bits per heavy atom. The van der Waals surface area contributed by atoms with Crippen LogP contribution in [0.4, 0.5) is 11.4 Å². The molecule has 2 rings (SSSR count). The zero-order valence-electron chi connectivity index (χ0n) is 10.5. The van der Waals surface area contributed by atoms with Gasteiger partial charge in [-0.3, -0.25) is 10.1 Å². The number of halogens is 1. The summed E-state index contributed by atoms with van der Waals surface area (Å²) in [6.45, 7) is 1.84. The number of anilines is 1. The molecule has 1 saturated heterocycles. The summed E-state index contributed by atoms with van der Waals surface area (Å²) >= 11 is 6.12. The number of nitrogens with zero attached hydrogens (tertiary/aromatic N) is 3. The largest absolute Gasteiger partial charge is 0.369 e. The minimum atomic E-state index is -0.428. The van der Waals surface area contributed by atoms with Crippen LogP contribution in [-0.2, 0) is 0 Å². The van der Waals surface area contributed by atoms with Crippen LogP contribution in [0, 0.1) is 10.1 Å². The number of nitro benzene ring substituents is 1. The lowest BCUT2D eigenvalue weighted by Gasteiger charge is -2.22. The summed E-state index contributed by atoms with van der Waals surface area (Å²) in [5, 5.41) is 11.1. The molecule has 0 N–H and O–H groups in total. The van der Waals surface area contributed by atoms with E-state index in [4.69, 9.17) is 11.6 Å². The quantitative estimate of drug-likeness (QED) is 0.624. The average Bonchev–Trinajstić information content (AvgIpc) is 2.78. The molecule has 1 aromatic carbocycles. The van der Waals surface area contributed by atoms with Gasteiger partial charge in [-0.2, -0.15) is 0 Å². The highest BCUT2D eigenvalue weighted by Gasteiger charge is 2.25. The summed E-state index contributed by atoms with van der Waals surface area (Å²) in [4.78, 5) is 14.6. The fraction of sp³-hybridized carbons (Fsp3) is 0.500. The summed E-state index contributed by atoms with van der Waals surface area (Å²) in [6, 6.07) is 5.17. The fourth-order valence-electron chi connectivity index (χ4n) is 2.25. The first-order valence-electron chi connectivity index (χ1n) is 5.84. The second-order valence-electron chi connectivity index (χ2n) is 4.74. The van der Waals surface area contributed by atoms with E-state index in [9.17, 15) is 10.1 Å². The number of hydrogen-bond acceptors (Lipinski definition) is 4. The van der Waals surface area contributed by atoms with Crippen molar-refractivity contribution in [2.24, 2.45) is 0 Å². The maximum absolute atomic E-state index is 10.7. The van der Waals surface area contributed by atoms with Gasteiger partial charge in [0.05, 0.1) is 15.6 Å². The van der Waals surface area contributed by atoms with Crippen LogP contribution in [0.25, 0.3) is 0 Å². The summed E-state index contributed by atoms with van der Waals surface area (Å²) in [7, 11) is 4.12. The van der Waals surface area contributed by atoms with E-state index in [0.29, 0.717) is 11.1 Å². The molecule has 0 spiro atoms. The van der Waals surface area contributed by atoms with Crippen molar-refractivity contribution in [2.75, 3.05) is 32.1 Å². The molecule has 1 fully saturated rings. The Hall–Kier alpha value is -1.33. The third-order valence-electron chi connectivity index (χ3n) is 3.38. The Balaban J connectivity index is 2.18. The molecule has 0 radical (unpaired) electrons. The Labute approximate surface area is 111 Å². The van der Waals surface area contributed by atoms with Gasteiger partial charge in [0.15, 0.2) is 0 Å². The molecule has 1 atom stereocenters. The third kappa shape index (κ3) is 2.57. The van der Waals surface area contributed by atoms with E-state index in [2.05, 4.69) is 23.9 Å². The molecule has 98 valence electrons. The molecule has 5 nitrogen and oxygen atoms in total. The summed E-state index contributed by atoms with van der Waals surface area (Å²) in [6.07, 6.45) is 1.08. The molecule has 1 unspecified atom stereocenters. The molecule has 0 aliphatic carbocycles. The molecule has 18 heavy (non-hydrogen) atoms. The molecule has 1 aliphatic heterocycles. The van der Waals surface area contributed by atoms with Crippen LogP contribution in [0.3, 0.4) is 0 Å². The van der Waals surface area contributed by atoms with Crippen LogP contribution in [0.2, 0.25) is 5.02 Å². The average molecular weight is 270 g/mol. The Bertz CT molecular complexity index is 465. The van der Waals surface area contributed by atoms with Crippen LogP contribution < -0.4 is 4.90 Å². The van der Waals surface area contributed by atoms with Gasteiger partial charge in [-0.15, -0.1) is 0 Å². The minimum Gasteiger partial charge on any atom is -0.369 e. The lowest BCUT2D eigenvalue weighted by molar-refractivity contribution is -0.384. The Kier molecular flexibility index (Phi) is 3.73. The van der Waals surface area contributed by atoms with Gasteiger partial charge in [0.1, 0.15) is 0 Å². The van der Waals surface area contributed by atoms with Crippen LogP contribution >= 0.6 is 11.6 Å². The molecule has 6 heteroatoms. The van der Waals surface area contributed by atoms with Crippen molar-refractivity contribution >= 4 is 23.0 Å². The Morgan fingerprint density at radius 3 is 2.72 bits per heavy atom. The SMILES string of the molecule is CN(C)C1CCN(c2ccc([N+](=O)[O-])cc2Cl)C1. The highest BCUT2D eigenvalue weighted by atomic mass is 35.5. The van der Waals surface area contributed by atoms with Crippen LogP contribution in [0.1, 0.15) is 6.42 Å². The first-order valence-corrected chi connectivity index (χ1v) is 6.22. The maximum Gasteiger partial charge on any atom is 0.271 e. The summed E-state index contributed by atoms with van der Waals surface area (Å²) < 4.78 is 0. The van der Waals surface area contributed by atoms with Gasteiger partial charge in [-0.1, -0.05) is 11.6 Å². The van der Waals surface area contributed by atoms with E-state index >= 15 is 0 Å². The molecule has 0 aromatic heterocycles. The predicted molar refractivity (Wildman–Crippen MR) is 72.4 cm³/mol. The van der Waals surface area contributed by atoms with Crippen molar-refractivity contribution in [3.8, 4) is 0 Å². The second-order valence-corrected chi connectivity index (χ2v) is 5.15. The van der Waals surface area contributed by atoms with E-state index in [1.807, 2.05) is 0 Å². The van der Waals surface area contributed by atoms with E-state index in [-0.39, 0.29) is 5.69 Å². The fourth-order valence-corrected chi connectivity index (χ4v) is 2.54. The Morgan fingerprint density at radius 1 is 1.50 bits per heavy atom. The summed E-state index contributed by atoms with van der Waals surface area (Å²) in [5.74, 6) is 0. The molecule has 0 saturated carbocycles. The van der Waals surface area contributed by atoms with Gasteiger partial charge >= 0.3 is 0 Å². The number of rotatable bonds is 3. The molecule has 1 aliphatic rings. The van der Waals surface area contributed by atoms with Crippen molar-refractivity contribution in [1.29, 1.82) is 0 Å². The van der Waals surface area contributed by atoms with E-state index < -0.39 is 4.92 Å². The predicted octanol–water partition coefficient (Wildman–Crippen LogP) is 2.39. The van der Waals surface area contributed by atoms with Gasteiger partial charge in [0.25, 0.3) is 5.69 Å². The van der Waals surface area contributed by atoms with E-state index in [1.165, 1.54) is 12.1 Å². The first kappa shape index (κ1) is 13.1. The highest BCUT2D eigenvalue weighted by Crippen LogP contribution is 2.32. The molecular weight excluding hydrogens is 254 g/mol. The van der Waals surface area contributed by atoms with Crippen molar-refractivity contribution < 1.29 is 4.92 Å². The number of non-ortho nitro benzene ring substituents is 1. The van der Waals surface area contributed by atoms with Crippen LogP contribution in [0.5, 0.6) is 0 Å². The molecule has 1 heterocycles. The van der Waals surface area contributed by atoms with Crippen molar-refractivity contribution in [1.82, 2.24) is 4.90 Å². The van der Waals surface area contributed by atoms with Crippen LogP contribution in [-0.4, -0.2) is 43.0 Å². The molecule has 0 amide bonds. The van der Waals surface area contributed by atoms with Gasteiger partial charge < -0.3 is 9.80 Å². The number of nitro groups is 1. The molecule has 1 aromatic rings. The zero-order valence-corrected chi connectivity index (χ0v) is 11.2. The van der Waals surface area contributed by atoms with Gasteiger partial charge in [0.2, 0.25) is 0 Å². The van der Waals surface area contributed by atoms with Crippen molar-refractivity contribution in [3.05, 3.63) is 33.3 Å². The molecular formula is C12H16ClN3O2. The van der Waals surface area contributed by atoms with E-state index in [0.717, 1.165) is 25.2 Å². The highest BCUT2D eigenvalue weighted by molar-refractivity contribution is 6.33. The molecule has 0 bridgehead atoms. The summed E-state index contributed by atoms with van der Waals surface area (Å²) in [5.41, 5.74) is 0.915. The van der Waals surface area contributed by atoms with Crippen molar-refractivity contribution in [2.45, 2.75) is 12.5 Å². The van der Waals surface area contributed by atoms with Gasteiger partial charge in [-0.25, -0.2) is 0 Å². The lowest BCUT2D eigenvalue weighted by atomic mass is 10.2. The van der Waals surface area contributed by atoms with Crippen molar-refractivity contribution in [3.63, 3.8) is 0 Å². The number of benzene rings is 1. The third-order valence-corrected chi connectivity index (χ3v) is 3.68. The smallest absolute Gasteiger partial charge is 0.271 e. The lowest BCUT2D eigenvalue weighted by Crippen LogP contribution is -2.31. The zero-order chi connectivity index (χ0) is 13.3. The number of hydrogen-bond donors (Lipinski definition) is 0. The van der Waals surface area contributed by atoms with Crippen LogP contribution in [0.15, 0.2) is 18.2 Å².